The Morgan fingerprint density at radius 2 is 1.80 bits per heavy atom. The van der Waals surface area contributed by atoms with Crippen molar-refractivity contribution in [1.82, 2.24) is 15.5 Å². The fraction of sp³-hybridized carbons (Fsp3) is 0.400. The molecule has 10 heteroatoms. The summed E-state index contributed by atoms with van der Waals surface area (Å²) < 4.78 is 20.9. The molecule has 1 heterocycles. The predicted octanol–water partition coefficient (Wildman–Crippen LogP) is 2.21. The highest BCUT2D eigenvalue weighted by molar-refractivity contribution is 14.0. The molecule has 0 aliphatic rings. The lowest BCUT2D eigenvalue weighted by atomic mass is 10.2. The molecule has 2 N–H and O–H groups in total. The van der Waals surface area contributed by atoms with Gasteiger partial charge in [-0.05, 0) is 0 Å². The molecule has 2 aromatic rings. The minimum atomic E-state index is 0. The second-order valence-corrected chi connectivity index (χ2v) is 4.69. The van der Waals surface area contributed by atoms with Gasteiger partial charge in [-0.2, -0.15) is 4.98 Å². The first-order valence-corrected chi connectivity index (χ1v) is 7.18. The van der Waals surface area contributed by atoms with E-state index in [0.717, 1.165) is 5.69 Å². The topological polar surface area (TPSA) is 103 Å². The summed E-state index contributed by atoms with van der Waals surface area (Å²) in [5, 5.41) is 10.1. The highest BCUT2D eigenvalue weighted by atomic mass is 127. The van der Waals surface area contributed by atoms with Crippen molar-refractivity contribution in [2.75, 3.05) is 33.7 Å². The SMILES string of the molecule is CN=C(NCc1noc(C)n1)Nc1cc(OC)c(OC)c(OC)c1.I. The van der Waals surface area contributed by atoms with Crippen LogP contribution in [0.25, 0.3) is 0 Å². The lowest BCUT2D eigenvalue weighted by molar-refractivity contribution is 0.324. The maximum absolute atomic E-state index is 5.33. The highest BCUT2D eigenvalue weighted by Gasteiger charge is 2.14. The molecular weight excluding hydrogens is 441 g/mol. The van der Waals surface area contributed by atoms with Crippen molar-refractivity contribution in [3.8, 4) is 17.2 Å². The maximum Gasteiger partial charge on any atom is 0.223 e. The molecule has 1 aromatic heterocycles. The molecule has 0 spiro atoms. The molecule has 0 aliphatic heterocycles. The summed E-state index contributed by atoms with van der Waals surface area (Å²) in [7, 11) is 6.34. The van der Waals surface area contributed by atoms with Crippen molar-refractivity contribution in [2.45, 2.75) is 13.5 Å². The van der Waals surface area contributed by atoms with Gasteiger partial charge in [0.05, 0.1) is 27.9 Å². The van der Waals surface area contributed by atoms with E-state index in [9.17, 15) is 0 Å². The van der Waals surface area contributed by atoms with E-state index in [0.29, 0.717) is 41.5 Å². The molecule has 0 saturated carbocycles. The van der Waals surface area contributed by atoms with Crippen molar-refractivity contribution < 1.29 is 18.7 Å². The number of rotatable bonds is 6. The van der Waals surface area contributed by atoms with E-state index >= 15 is 0 Å². The van der Waals surface area contributed by atoms with Gasteiger partial charge in [0.2, 0.25) is 11.6 Å². The van der Waals surface area contributed by atoms with E-state index in [2.05, 4.69) is 25.8 Å². The molecular formula is C15H22IN5O4. The zero-order valence-corrected chi connectivity index (χ0v) is 17.1. The smallest absolute Gasteiger partial charge is 0.223 e. The largest absolute Gasteiger partial charge is 0.493 e. The second-order valence-electron chi connectivity index (χ2n) is 4.69. The number of aliphatic imine (C=N–C) groups is 1. The molecule has 0 unspecified atom stereocenters. The van der Waals surface area contributed by atoms with E-state index in [-0.39, 0.29) is 24.0 Å². The average Bonchev–Trinajstić information content (AvgIpc) is 3.02. The van der Waals surface area contributed by atoms with E-state index in [4.69, 9.17) is 18.7 Å². The summed E-state index contributed by atoms with van der Waals surface area (Å²) in [6, 6.07) is 3.57. The number of hydrogen-bond donors (Lipinski definition) is 2. The van der Waals surface area contributed by atoms with Gasteiger partial charge in [-0.15, -0.1) is 24.0 Å². The van der Waals surface area contributed by atoms with Crippen LogP contribution < -0.4 is 24.8 Å². The number of guanidine groups is 1. The molecule has 0 fully saturated rings. The van der Waals surface area contributed by atoms with E-state index in [1.54, 1.807) is 47.4 Å². The number of nitrogens with one attached hydrogen (secondary N) is 2. The normalized spacial score (nSPS) is 10.7. The van der Waals surface area contributed by atoms with Crippen LogP contribution in [0.1, 0.15) is 11.7 Å². The average molecular weight is 463 g/mol. The number of ether oxygens (including phenoxy) is 3. The van der Waals surface area contributed by atoms with Gasteiger partial charge < -0.3 is 29.4 Å². The van der Waals surface area contributed by atoms with Crippen LogP contribution in [0, 0.1) is 6.92 Å². The van der Waals surface area contributed by atoms with E-state index in [1.165, 1.54) is 0 Å². The van der Waals surface area contributed by atoms with Crippen LogP contribution >= 0.6 is 24.0 Å². The molecule has 0 amide bonds. The third-order valence-electron chi connectivity index (χ3n) is 3.13. The standard InChI is InChI=1S/C15H21N5O4.HI/c1-9-18-13(20-24-9)8-17-15(16-2)19-10-6-11(21-3)14(23-5)12(7-10)22-4;/h6-7H,8H2,1-5H3,(H2,16,17,19);1H. The minimum absolute atomic E-state index is 0. The molecule has 0 saturated heterocycles. The zero-order valence-electron chi connectivity index (χ0n) is 14.7. The molecule has 2 rings (SSSR count). The number of nitrogens with zero attached hydrogens (tertiary/aromatic N) is 3. The van der Waals surface area contributed by atoms with Gasteiger partial charge in [0, 0.05) is 31.8 Å². The Hall–Kier alpha value is -2.24. The van der Waals surface area contributed by atoms with Crippen LogP contribution in [0.3, 0.4) is 0 Å². The molecule has 25 heavy (non-hydrogen) atoms. The van der Waals surface area contributed by atoms with Crippen LogP contribution in [0.5, 0.6) is 17.2 Å². The Morgan fingerprint density at radius 1 is 1.16 bits per heavy atom. The molecule has 1 aromatic carbocycles. The van der Waals surface area contributed by atoms with Crippen molar-refractivity contribution >= 4 is 35.6 Å². The van der Waals surface area contributed by atoms with E-state index in [1.807, 2.05) is 0 Å². The quantitative estimate of drug-likeness (QED) is 0.382. The van der Waals surface area contributed by atoms with Crippen LogP contribution in [-0.4, -0.2) is 44.5 Å². The van der Waals surface area contributed by atoms with Crippen molar-refractivity contribution in [3.63, 3.8) is 0 Å². The summed E-state index contributed by atoms with van der Waals surface area (Å²) in [6.07, 6.45) is 0. The first-order chi connectivity index (χ1) is 11.6. The lowest BCUT2D eigenvalue weighted by Crippen LogP contribution is -2.30. The van der Waals surface area contributed by atoms with Crippen LogP contribution in [0.15, 0.2) is 21.6 Å². The van der Waals surface area contributed by atoms with E-state index < -0.39 is 0 Å². The lowest BCUT2D eigenvalue weighted by Gasteiger charge is -2.16. The number of benzene rings is 1. The fourth-order valence-electron chi connectivity index (χ4n) is 2.05. The van der Waals surface area contributed by atoms with Crippen molar-refractivity contribution in [2.24, 2.45) is 4.99 Å². The summed E-state index contributed by atoms with van der Waals surface area (Å²) in [5.74, 6) is 3.20. The van der Waals surface area contributed by atoms with Gasteiger partial charge in [-0.3, -0.25) is 4.99 Å². The molecule has 9 nitrogen and oxygen atoms in total. The third kappa shape index (κ3) is 5.37. The van der Waals surface area contributed by atoms with Gasteiger partial charge >= 0.3 is 0 Å². The molecule has 0 atom stereocenters. The summed E-state index contributed by atoms with van der Waals surface area (Å²) in [5.41, 5.74) is 0.724. The van der Waals surface area contributed by atoms with Gasteiger partial charge in [0.15, 0.2) is 23.3 Å². The Labute approximate surface area is 163 Å². The number of methoxy groups -OCH3 is 3. The summed E-state index contributed by atoms with van der Waals surface area (Å²) >= 11 is 0. The number of anilines is 1. The minimum Gasteiger partial charge on any atom is -0.493 e. The summed E-state index contributed by atoms with van der Waals surface area (Å²) in [4.78, 5) is 8.28. The van der Waals surface area contributed by atoms with Gasteiger partial charge in [0.1, 0.15) is 0 Å². The zero-order chi connectivity index (χ0) is 17.5. The molecule has 0 bridgehead atoms. The monoisotopic (exact) mass is 463 g/mol. The first-order valence-electron chi connectivity index (χ1n) is 7.18. The van der Waals surface area contributed by atoms with Crippen molar-refractivity contribution in [1.29, 1.82) is 0 Å². The number of hydrogen-bond acceptors (Lipinski definition) is 7. The number of halogens is 1. The van der Waals surface area contributed by atoms with Crippen LogP contribution in [0.4, 0.5) is 5.69 Å². The van der Waals surface area contributed by atoms with Crippen LogP contribution in [-0.2, 0) is 6.54 Å². The summed E-state index contributed by atoms with van der Waals surface area (Å²) in [6.45, 7) is 2.11. The second kappa shape index (κ2) is 9.91. The first kappa shape index (κ1) is 20.8. The van der Waals surface area contributed by atoms with Gasteiger partial charge in [-0.1, -0.05) is 5.16 Å². The maximum atomic E-state index is 5.33. The predicted molar refractivity (Wildman–Crippen MR) is 104 cm³/mol. The third-order valence-corrected chi connectivity index (χ3v) is 3.13. The Kier molecular flexibility index (Phi) is 8.25. The van der Waals surface area contributed by atoms with Crippen molar-refractivity contribution in [3.05, 3.63) is 23.8 Å². The van der Waals surface area contributed by atoms with Gasteiger partial charge in [0.25, 0.3) is 0 Å². The molecule has 0 radical (unpaired) electrons. The number of aromatic nitrogens is 2. The molecule has 138 valence electrons. The van der Waals surface area contributed by atoms with Crippen LogP contribution in [0.2, 0.25) is 0 Å². The highest BCUT2D eigenvalue weighted by Crippen LogP contribution is 2.39. The molecule has 0 aliphatic carbocycles. The Balaban J connectivity index is 0.00000312. The Bertz CT molecular complexity index is 695. The number of aryl methyl sites for hydroxylation is 1. The van der Waals surface area contributed by atoms with Gasteiger partial charge in [-0.25, -0.2) is 0 Å². The Morgan fingerprint density at radius 3 is 2.24 bits per heavy atom. The fourth-order valence-corrected chi connectivity index (χ4v) is 2.05.